The summed E-state index contributed by atoms with van der Waals surface area (Å²) in [6.45, 7) is 1.11. The first kappa shape index (κ1) is 20.2. The number of nitrogens with zero attached hydrogens (tertiary/aromatic N) is 3. The minimum atomic E-state index is -0.231. The number of nitrogens with one attached hydrogen (secondary N) is 1. The van der Waals surface area contributed by atoms with Gasteiger partial charge in [0.25, 0.3) is 0 Å². The molecule has 0 aliphatic carbocycles. The molecule has 1 aliphatic heterocycles. The largest absolute Gasteiger partial charge is 0.310 e. The normalized spacial score (nSPS) is 17.7. The third-order valence-electron chi connectivity index (χ3n) is 6.04. The van der Waals surface area contributed by atoms with E-state index in [4.69, 9.17) is 9.17 Å². The lowest BCUT2D eigenvalue weighted by molar-refractivity contribution is 0.412. The first-order chi connectivity index (χ1) is 15.2. The van der Waals surface area contributed by atoms with E-state index in [-0.39, 0.29) is 11.2 Å². The van der Waals surface area contributed by atoms with Crippen molar-refractivity contribution in [1.82, 2.24) is 19.9 Å². The Morgan fingerprint density at radius 1 is 1.03 bits per heavy atom. The number of hydrogen-bond acceptors (Lipinski definition) is 4. The third kappa shape index (κ3) is 4.11. The number of aromatic nitrogens is 3. The van der Waals surface area contributed by atoms with Crippen LogP contribution >= 0.6 is 0 Å². The number of piperidine rings is 1. The fraction of sp³-hybridized carbons (Fsp3) is 0.280. The molecular formula is C25H27N4OS+. The monoisotopic (exact) mass is 431 g/mol. The van der Waals surface area contributed by atoms with Gasteiger partial charge in [-0.3, -0.25) is 0 Å². The van der Waals surface area contributed by atoms with E-state index in [2.05, 4.69) is 71.4 Å². The van der Waals surface area contributed by atoms with Crippen molar-refractivity contribution >= 4 is 16.8 Å². The van der Waals surface area contributed by atoms with Crippen molar-refractivity contribution in [3.8, 4) is 22.3 Å². The van der Waals surface area contributed by atoms with Gasteiger partial charge >= 0.3 is 0 Å². The molecule has 1 N–H and O–H groups in total. The summed E-state index contributed by atoms with van der Waals surface area (Å²) in [6, 6.07) is 17.8. The topological polar surface area (TPSA) is 51.5 Å². The smallest absolute Gasteiger partial charge is 0.190 e. The van der Waals surface area contributed by atoms with Crippen molar-refractivity contribution in [3.05, 3.63) is 72.7 Å². The molecule has 1 aliphatic rings. The molecule has 0 amide bonds. The molecule has 2 aromatic carbocycles. The standard InChI is InChI=1S/C25H27N4OS/c1-30-31(2)22-7-5-6-20(14-22)23-16-28-29-17-21(15-27-25(23)29)18-9-11-19(12-10-18)24-8-3-4-13-26-24/h5-7,9-12,14-17,24,26H,3-4,8,13H2,1-2H3/q+1. The number of rotatable bonds is 5. The second-order valence-electron chi connectivity index (χ2n) is 7.94. The maximum absolute atomic E-state index is 5.50. The van der Waals surface area contributed by atoms with E-state index in [1.165, 1.54) is 29.7 Å². The van der Waals surface area contributed by atoms with Gasteiger partial charge in [0.05, 0.1) is 13.3 Å². The van der Waals surface area contributed by atoms with Gasteiger partial charge in [0.1, 0.15) is 6.26 Å². The fourth-order valence-electron chi connectivity index (χ4n) is 4.21. The first-order valence-electron chi connectivity index (χ1n) is 10.7. The molecule has 1 saturated heterocycles. The molecule has 2 aromatic heterocycles. The number of fused-ring (bicyclic) bond motifs is 1. The van der Waals surface area contributed by atoms with Crippen LogP contribution in [0.4, 0.5) is 0 Å². The lowest BCUT2D eigenvalue weighted by Crippen LogP contribution is -2.26. The SMILES string of the molecule is CO[S+](C)c1cccc(-c2cnn3cc(-c4ccc(C5CCCCN5)cc4)cnc23)c1. The zero-order valence-corrected chi connectivity index (χ0v) is 18.7. The van der Waals surface area contributed by atoms with Crippen molar-refractivity contribution in [2.75, 3.05) is 19.9 Å². The highest BCUT2D eigenvalue weighted by molar-refractivity contribution is 7.91. The van der Waals surface area contributed by atoms with Crippen LogP contribution in [-0.4, -0.2) is 34.5 Å². The second-order valence-corrected chi connectivity index (χ2v) is 9.66. The van der Waals surface area contributed by atoms with Crippen LogP contribution in [0.5, 0.6) is 0 Å². The summed E-state index contributed by atoms with van der Waals surface area (Å²) in [4.78, 5) is 5.93. The van der Waals surface area contributed by atoms with Crippen LogP contribution in [0.2, 0.25) is 0 Å². The van der Waals surface area contributed by atoms with Gasteiger partial charge in [-0.25, -0.2) is 9.50 Å². The van der Waals surface area contributed by atoms with Crippen LogP contribution in [0.25, 0.3) is 27.9 Å². The van der Waals surface area contributed by atoms with E-state index in [1.807, 2.05) is 16.9 Å². The van der Waals surface area contributed by atoms with Crippen molar-refractivity contribution in [2.24, 2.45) is 0 Å². The van der Waals surface area contributed by atoms with Crippen molar-refractivity contribution < 1.29 is 4.18 Å². The molecule has 158 valence electrons. The van der Waals surface area contributed by atoms with E-state index in [0.29, 0.717) is 6.04 Å². The average Bonchev–Trinajstić information content (AvgIpc) is 3.27. The van der Waals surface area contributed by atoms with Gasteiger partial charge in [-0.15, -0.1) is 0 Å². The van der Waals surface area contributed by atoms with E-state index < -0.39 is 0 Å². The molecule has 0 saturated carbocycles. The van der Waals surface area contributed by atoms with Gasteiger partial charge < -0.3 is 5.32 Å². The average molecular weight is 432 g/mol. The third-order valence-corrected chi connectivity index (χ3v) is 7.46. The molecule has 3 heterocycles. The number of benzene rings is 2. The molecule has 31 heavy (non-hydrogen) atoms. The summed E-state index contributed by atoms with van der Waals surface area (Å²) in [5.74, 6) is 0. The quantitative estimate of drug-likeness (QED) is 0.450. The Labute approximate surface area is 186 Å². The molecular weight excluding hydrogens is 404 g/mol. The van der Waals surface area contributed by atoms with Crippen LogP contribution < -0.4 is 5.32 Å². The molecule has 4 aromatic rings. The molecule has 5 rings (SSSR count). The molecule has 2 unspecified atom stereocenters. The van der Waals surface area contributed by atoms with Crippen LogP contribution in [0.3, 0.4) is 0 Å². The van der Waals surface area contributed by atoms with Crippen LogP contribution in [-0.2, 0) is 15.4 Å². The second kappa shape index (κ2) is 8.83. The zero-order chi connectivity index (χ0) is 21.2. The van der Waals surface area contributed by atoms with E-state index in [1.54, 1.807) is 7.11 Å². The Balaban J connectivity index is 1.43. The van der Waals surface area contributed by atoms with E-state index in [9.17, 15) is 0 Å². The Bertz CT molecular complexity index is 1180. The minimum Gasteiger partial charge on any atom is -0.310 e. The van der Waals surface area contributed by atoms with Crippen molar-refractivity contribution in [2.45, 2.75) is 30.2 Å². The molecule has 6 heteroatoms. The van der Waals surface area contributed by atoms with Gasteiger partial charge in [-0.1, -0.05) is 42.8 Å². The molecule has 1 fully saturated rings. The Morgan fingerprint density at radius 2 is 1.90 bits per heavy atom. The molecule has 5 nitrogen and oxygen atoms in total. The van der Waals surface area contributed by atoms with Gasteiger partial charge in [0, 0.05) is 35.6 Å². The fourth-order valence-corrected chi connectivity index (χ4v) is 4.97. The van der Waals surface area contributed by atoms with Gasteiger partial charge in [-0.2, -0.15) is 9.28 Å². The first-order valence-corrected chi connectivity index (χ1v) is 12.3. The maximum atomic E-state index is 5.50. The summed E-state index contributed by atoms with van der Waals surface area (Å²) >= 11 is -0.231. The Hall–Kier alpha value is -2.67. The van der Waals surface area contributed by atoms with Crippen LogP contribution in [0.1, 0.15) is 30.9 Å². The minimum absolute atomic E-state index is 0.231. The predicted molar refractivity (Wildman–Crippen MR) is 127 cm³/mol. The van der Waals surface area contributed by atoms with Gasteiger partial charge in [0.2, 0.25) is 0 Å². The van der Waals surface area contributed by atoms with Crippen LogP contribution in [0.15, 0.2) is 72.0 Å². The van der Waals surface area contributed by atoms with Crippen molar-refractivity contribution in [3.63, 3.8) is 0 Å². The van der Waals surface area contributed by atoms with Crippen LogP contribution in [0, 0.1) is 0 Å². The zero-order valence-electron chi connectivity index (χ0n) is 17.9. The summed E-state index contributed by atoms with van der Waals surface area (Å²) in [5.41, 5.74) is 6.58. The lowest BCUT2D eigenvalue weighted by atomic mass is 9.96. The molecule has 0 radical (unpaired) electrons. The highest BCUT2D eigenvalue weighted by atomic mass is 32.2. The van der Waals surface area contributed by atoms with Crippen molar-refractivity contribution in [1.29, 1.82) is 0 Å². The highest BCUT2D eigenvalue weighted by Gasteiger charge is 2.18. The van der Waals surface area contributed by atoms with E-state index >= 15 is 0 Å². The maximum Gasteiger partial charge on any atom is 0.190 e. The van der Waals surface area contributed by atoms with Gasteiger partial charge in [-0.05, 0) is 42.1 Å². The van der Waals surface area contributed by atoms with Gasteiger partial charge in [0.15, 0.2) is 21.7 Å². The summed E-state index contributed by atoms with van der Waals surface area (Å²) in [5, 5.41) is 8.20. The highest BCUT2D eigenvalue weighted by Crippen LogP contribution is 2.29. The molecule has 0 spiro atoms. The summed E-state index contributed by atoms with van der Waals surface area (Å²) < 4.78 is 7.37. The molecule has 2 atom stereocenters. The lowest BCUT2D eigenvalue weighted by Gasteiger charge is -2.24. The van der Waals surface area contributed by atoms with E-state index in [0.717, 1.165) is 34.4 Å². The summed E-state index contributed by atoms with van der Waals surface area (Å²) in [6.07, 6.45) is 11.8. The molecule has 0 bridgehead atoms. The predicted octanol–water partition coefficient (Wildman–Crippen LogP) is 5.05. The Morgan fingerprint density at radius 3 is 2.68 bits per heavy atom. The Kier molecular flexibility index (Phi) is 5.76. The number of hydrogen-bond donors (Lipinski definition) is 1. The summed E-state index contributed by atoms with van der Waals surface area (Å²) in [7, 11) is 1.74.